The van der Waals surface area contributed by atoms with Gasteiger partial charge in [-0.3, -0.25) is 9.88 Å². The van der Waals surface area contributed by atoms with E-state index in [1.165, 1.54) is 17.2 Å². The molecule has 0 radical (unpaired) electrons. The lowest BCUT2D eigenvalue weighted by molar-refractivity contribution is -0.0989. The first-order valence-electron chi connectivity index (χ1n) is 14.7. The van der Waals surface area contributed by atoms with Gasteiger partial charge in [0.2, 0.25) is 5.95 Å². The SMILES string of the molecule is Cc1nc(F)ccc1[C@@H](c1cn(C23CC(C2)C3)nn1)N(C(=O)OCCl)c1cc(Cl)c2ncc(C#N)c(N[C@H](C)C(C)(C)C)c2c1. The number of alkyl halides is 1. The molecule has 4 aromatic rings. The highest BCUT2D eigenvalue weighted by molar-refractivity contribution is 6.36. The monoisotopic (exact) mass is 650 g/mol. The van der Waals surface area contributed by atoms with Crippen LogP contribution >= 0.6 is 23.2 Å². The minimum absolute atomic E-state index is 0.0531. The Morgan fingerprint density at radius 1 is 1.31 bits per heavy atom. The Hall–Kier alpha value is -4.01. The molecule has 234 valence electrons. The fourth-order valence-electron chi connectivity index (χ4n) is 6.14. The van der Waals surface area contributed by atoms with Gasteiger partial charge >= 0.3 is 6.09 Å². The van der Waals surface area contributed by atoms with Crippen molar-refractivity contribution in [3.8, 4) is 6.07 Å². The molecule has 2 bridgehead atoms. The first kappa shape index (κ1) is 31.0. The first-order valence-corrected chi connectivity index (χ1v) is 15.6. The summed E-state index contributed by atoms with van der Waals surface area (Å²) in [5.41, 5.74) is 2.70. The maximum atomic E-state index is 14.2. The number of nitrogens with zero attached hydrogens (tertiary/aromatic N) is 7. The molecular formula is C32H33Cl2FN8O2. The molecule has 2 atom stereocenters. The molecule has 7 rings (SSSR count). The van der Waals surface area contributed by atoms with Crippen LogP contribution in [0.1, 0.15) is 75.5 Å². The molecule has 3 heterocycles. The Balaban J connectivity index is 1.57. The minimum Gasteiger partial charge on any atom is -0.433 e. The van der Waals surface area contributed by atoms with Crippen LogP contribution < -0.4 is 10.2 Å². The molecule has 3 fully saturated rings. The van der Waals surface area contributed by atoms with Gasteiger partial charge in [-0.15, -0.1) is 5.10 Å². The van der Waals surface area contributed by atoms with Crippen LogP contribution in [0.3, 0.4) is 0 Å². The Morgan fingerprint density at radius 2 is 2.04 bits per heavy atom. The van der Waals surface area contributed by atoms with E-state index < -0.39 is 24.1 Å². The fraction of sp³-hybridized carbons (Fsp3) is 0.438. The van der Waals surface area contributed by atoms with Crippen LogP contribution in [0.15, 0.2) is 36.7 Å². The van der Waals surface area contributed by atoms with Crippen molar-refractivity contribution >= 4 is 51.6 Å². The van der Waals surface area contributed by atoms with E-state index in [2.05, 4.69) is 52.4 Å². The van der Waals surface area contributed by atoms with Crippen LogP contribution in [-0.4, -0.2) is 43.2 Å². The molecule has 3 aromatic heterocycles. The number of nitriles is 1. The minimum atomic E-state index is -0.944. The summed E-state index contributed by atoms with van der Waals surface area (Å²) in [6, 6.07) is 6.93. The van der Waals surface area contributed by atoms with Crippen molar-refractivity contribution in [1.29, 1.82) is 5.26 Å². The molecule has 0 spiro atoms. The number of fused-ring (bicyclic) bond motifs is 1. The average molecular weight is 652 g/mol. The summed E-state index contributed by atoms with van der Waals surface area (Å²) >= 11 is 12.8. The summed E-state index contributed by atoms with van der Waals surface area (Å²) in [5, 5.41) is 23.3. The molecule has 1 aromatic carbocycles. The van der Waals surface area contributed by atoms with Gasteiger partial charge in [-0.1, -0.05) is 55.3 Å². The number of halogens is 3. The van der Waals surface area contributed by atoms with Gasteiger partial charge in [0.25, 0.3) is 0 Å². The van der Waals surface area contributed by atoms with E-state index in [4.69, 9.17) is 27.9 Å². The van der Waals surface area contributed by atoms with Gasteiger partial charge in [-0.05, 0) is 62.6 Å². The quantitative estimate of drug-likeness (QED) is 0.154. The number of nitrogens with one attached hydrogen (secondary N) is 1. The number of hydrogen-bond donors (Lipinski definition) is 1. The van der Waals surface area contributed by atoms with Crippen molar-refractivity contribution in [2.75, 3.05) is 16.3 Å². The molecule has 3 aliphatic carbocycles. The summed E-state index contributed by atoms with van der Waals surface area (Å²) in [6.07, 6.45) is 5.62. The van der Waals surface area contributed by atoms with Crippen LogP contribution in [0.2, 0.25) is 5.02 Å². The van der Waals surface area contributed by atoms with Crippen molar-refractivity contribution in [1.82, 2.24) is 25.0 Å². The van der Waals surface area contributed by atoms with Crippen molar-refractivity contribution in [2.24, 2.45) is 11.3 Å². The zero-order chi connectivity index (χ0) is 32.3. The van der Waals surface area contributed by atoms with E-state index in [1.807, 2.05) is 17.8 Å². The van der Waals surface area contributed by atoms with Crippen LogP contribution in [0.25, 0.3) is 10.9 Å². The predicted molar refractivity (Wildman–Crippen MR) is 170 cm³/mol. The van der Waals surface area contributed by atoms with Crippen LogP contribution in [0.4, 0.5) is 20.6 Å². The van der Waals surface area contributed by atoms with E-state index in [0.29, 0.717) is 50.7 Å². The van der Waals surface area contributed by atoms with Gasteiger partial charge in [0.1, 0.15) is 17.8 Å². The Bertz CT molecular complexity index is 1830. The second-order valence-electron chi connectivity index (χ2n) is 13.1. The third-order valence-electron chi connectivity index (χ3n) is 9.27. The second kappa shape index (κ2) is 11.4. The lowest BCUT2D eigenvalue weighted by Crippen LogP contribution is -2.59. The smallest absolute Gasteiger partial charge is 0.416 e. The van der Waals surface area contributed by atoms with Gasteiger partial charge in [0.15, 0.2) is 6.07 Å². The summed E-state index contributed by atoms with van der Waals surface area (Å²) in [5.74, 6) is 0.0533. The normalized spacial score (nSPS) is 20.0. The first-order chi connectivity index (χ1) is 21.3. The number of amides is 1. The molecule has 1 amide bonds. The third kappa shape index (κ3) is 5.44. The maximum Gasteiger partial charge on any atom is 0.416 e. The zero-order valence-corrected chi connectivity index (χ0v) is 27.1. The molecule has 0 saturated heterocycles. The van der Waals surface area contributed by atoms with Crippen molar-refractivity contribution < 1.29 is 13.9 Å². The predicted octanol–water partition coefficient (Wildman–Crippen LogP) is 7.48. The number of pyridine rings is 2. The van der Waals surface area contributed by atoms with Gasteiger partial charge < -0.3 is 10.1 Å². The topological polar surface area (TPSA) is 122 Å². The Morgan fingerprint density at radius 3 is 2.64 bits per heavy atom. The Labute approximate surface area is 270 Å². The van der Waals surface area contributed by atoms with Crippen LogP contribution in [0.5, 0.6) is 0 Å². The van der Waals surface area contributed by atoms with Gasteiger partial charge in [0.05, 0.1) is 39.2 Å². The van der Waals surface area contributed by atoms with Crippen LogP contribution in [-0.2, 0) is 10.3 Å². The number of hydrogen-bond acceptors (Lipinski definition) is 8. The van der Waals surface area contributed by atoms with E-state index in [9.17, 15) is 14.4 Å². The summed E-state index contributed by atoms with van der Waals surface area (Å²) in [7, 11) is 0. The van der Waals surface area contributed by atoms with Crippen LogP contribution in [0, 0.1) is 35.5 Å². The fourth-order valence-corrected chi connectivity index (χ4v) is 6.50. The maximum absolute atomic E-state index is 14.2. The summed E-state index contributed by atoms with van der Waals surface area (Å²) in [4.78, 5) is 23.8. The lowest BCUT2D eigenvalue weighted by Gasteiger charge is -2.61. The second-order valence-corrected chi connectivity index (χ2v) is 13.7. The average Bonchev–Trinajstić information content (AvgIpc) is 3.39. The highest BCUT2D eigenvalue weighted by Gasteiger charge is 2.59. The Kier molecular flexibility index (Phi) is 7.86. The molecule has 10 nitrogen and oxygen atoms in total. The van der Waals surface area contributed by atoms with E-state index in [-0.39, 0.29) is 22.0 Å². The lowest BCUT2D eigenvalue weighted by atomic mass is 9.50. The van der Waals surface area contributed by atoms with Crippen molar-refractivity contribution in [3.63, 3.8) is 0 Å². The number of carbonyl (C=O) groups excluding carboxylic acids is 1. The molecule has 0 aliphatic heterocycles. The molecule has 45 heavy (non-hydrogen) atoms. The number of anilines is 2. The van der Waals surface area contributed by atoms with E-state index in [1.54, 1.807) is 25.1 Å². The number of benzene rings is 1. The molecule has 13 heteroatoms. The number of aryl methyl sites for hydroxylation is 1. The van der Waals surface area contributed by atoms with Gasteiger partial charge in [0, 0.05) is 28.9 Å². The molecule has 0 unspecified atom stereocenters. The summed E-state index contributed by atoms with van der Waals surface area (Å²) < 4.78 is 21.5. The molecule has 1 N–H and O–H groups in total. The number of rotatable bonds is 8. The van der Waals surface area contributed by atoms with E-state index >= 15 is 0 Å². The van der Waals surface area contributed by atoms with E-state index in [0.717, 1.165) is 19.3 Å². The standard InChI is InChI=1S/C32H33Cl2FN8O2/c1-17-22(6-7-26(35)38-17)29(25-15-42(41-40-25)32-10-19(11-32)12-32)43(30(44)45-16-33)21-8-23-27(39-18(2)31(3,4)5)20(13-36)14-37-28(23)24(34)9-21/h6-9,14-15,18-19,29H,10-12,16H2,1-5H3,(H,37,39)/t18-,19?,29+,32?/m1/s1. The van der Waals surface area contributed by atoms with Crippen molar-refractivity contribution in [2.45, 2.75) is 71.5 Å². The molecule has 3 aliphatic rings. The number of aromatic nitrogens is 5. The number of carbonyl (C=O) groups is 1. The van der Waals surface area contributed by atoms with Gasteiger partial charge in [-0.25, -0.2) is 14.5 Å². The molecule has 3 saturated carbocycles. The molecular weight excluding hydrogens is 618 g/mol. The third-order valence-corrected chi connectivity index (χ3v) is 9.67. The van der Waals surface area contributed by atoms with Crippen molar-refractivity contribution in [3.05, 3.63) is 70.1 Å². The zero-order valence-electron chi connectivity index (χ0n) is 25.6. The highest BCUT2D eigenvalue weighted by atomic mass is 35.5. The largest absolute Gasteiger partial charge is 0.433 e. The number of ether oxygens (including phenoxy) is 1. The summed E-state index contributed by atoms with van der Waals surface area (Å²) in [6.45, 7) is 9.96. The highest BCUT2D eigenvalue weighted by Crippen LogP contribution is 2.62. The van der Waals surface area contributed by atoms with Gasteiger partial charge in [-0.2, -0.15) is 9.65 Å².